The Morgan fingerprint density at radius 3 is 2.47 bits per heavy atom. The molecule has 0 saturated heterocycles. The molecule has 0 atom stereocenters. The fraction of sp³-hybridized carbons (Fsp3) is 0.364. The molecule has 0 aromatic heterocycles. The van der Waals surface area contributed by atoms with Crippen LogP contribution in [-0.2, 0) is 32.5 Å². The van der Waals surface area contributed by atoms with Crippen molar-refractivity contribution in [1.82, 2.24) is 4.90 Å². The smallest absolute Gasteiger partial charge is 0.338 e. The summed E-state index contributed by atoms with van der Waals surface area (Å²) < 4.78 is 30.2. The van der Waals surface area contributed by atoms with E-state index in [0.29, 0.717) is 30.8 Å². The van der Waals surface area contributed by atoms with Crippen LogP contribution >= 0.6 is 0 Å². The Morgan fingerprint density at radius 1 is 1.13 bits per heavy atom. The normalized spacial score (nSPS) is 13.3. The van der Waals surface area contributed by atoms with Gasteiger partial charge in [0.15, 0.2) is 6.61 Å². The van der Waals surface area contributed by atoms with Crippen molar-refractivity contribution >= 4 is 27.6 Å². The van der Waals surface area contributed by atoms with Crippen molar-refractivity contribution in [3.63, 3.8) is 0 Å². The van der Waals surface area contributed by atoms with E-state index in [0.717, 1.165) is 17.4 Å². The van der Waals surface area contributed by atoms with Gasteiger partial charge in [-0.3, -0.25) is 9.10 Å². The Hall–Kier alpha value is -2.87. The van der Waals surface area contributed by atoms with Crippen LogP contribution in [0.25, 0.3) is 0 Å². The quantitative estimate of drug-likeness (QED) is 0.631. The van der Waals surface area contributed by atoms with Crippen molar-refractivity contribution in [1.29, 1.82) is 0 Å². The number of amides is 1. The first-order valence-corrected chi connectivity index (χ1v) is 11.6. The Labute approximate surface area is 177 Å². The molecule has 0 radical (unpaired) electrons. The van der Waals surface area contributed by atoms with Crippen LogP contribution in [0.3, 0.4) is 0 Å². The molecule has 2 aromatic carbocycles. The number of sulfonamides is 1. The van der Waals surface area contributed by atoms with Gasteiger partial charge < -0.3 is 9.64 Å². The molecule has 0 saturated carbocycles. The average molecular weight is 431 g/mol. The minimum Gasteiger partial charge on any atom is -0.452 e. The highest BCUT2D eigenvalue weighted by Crippen LogP contribution is 2.30. The molecule has 30 heavy (non-hydrogen) atoms. The number of carbonyl (C=O) groups excluding carboxylic acids is 2. The molecule has 7 nitrogen and oxygen atoms in total. The lowest BCUT2D eigenvalue weighted by atomic mass is 10.1. The van der Waals surface area contributed by atoms with Gasteiger partial charge in [0.2, 0.25) is 10.0 Å². The third-order valence-electron chi connectivity index (χ3n) is 5.03. The fourth-order valence-electron chi connectivity index (χ4n) is 3.48. The molecule has 0 unspecified atom stereocenters. The average Bonchev–Trinajstić information content (AvgIpc) is 3.14. The first-order valence-electron chi connectivity index (χ1n) is 9.78. The Morgan fingerprint density at radius 2 is 1.83 bits per heavy atom. The molecule has 1 heterocycles. The van der Waals surface area contributed by atoms with Crippen LogP contribution < -0.4 is 4.31 Å². The molecule has 0 N–H and O–H groups in total. The summed E-state index contributed by atoms with van der Waals surface area (Å²) in [6.45, 7) is 4.27. The molecule has 1 aliphatic rings. The van der Waals surface area contributed by atoms with E-state index in [1.165, 1.54) is 10.4 Å². The zero-order chi connectivity index (χ0) is 21.9. The number of ether oxygens (including phenoxy) is 1. The third-order valence-corrected chi connectivity index (χ3v) is 6.21. The zero-order valence-electron chi connectivity index (χ0n) is 17.4. The number of anilines is 1. The number of hydrogen-bond donors (Lipinski definition) is 0. The maximum atomic E-state index is 12.6. The summed E-state index contributed by atoms with van der Waals surface area (Å²) in [5, 5.41) is 0. The zero-order valence-corrected chi connectivity index (χ0v) is 18.2. The number of carbonyl (C=O) groups is 2. The van der Waals surface area contributed by atoms with Gasteiger partial charge in [-0.05, 0) is 49.6 Å². The largest absolute Gasteiger partial charge is 0.452 e. The second-order valence-electron chi connectivity index (χ2n) is 7.61. The summed E-state index contributed by atoms with van der Waals surface area (Å²) in [6, 6.07) is 14.4. The highest BCUT2D eigenvalue weighted by molar-refractivity contribution is 7.92. The molecule has 0 aliphatic carbocycles. The Kier molecular flexibility index (Phi) is 6.45. The molecule has 0 spiro atoms. The Balaban J connectivity index is 1.64. The van der Waals surface area contributed by atoms with Crippen LogP contribution in [0.1, 0.15) is 35.3 Å². The molecule has 1 amide bonds. The van der Waals surface area contributed by atoms with Gasteiger partial charge in [0.25, 0.3) is 5.91 Å². The maximum absolute atomic E-state index is 12.6. The number of hydrogen-bond acceptors (Lipinski definition) is 5. The van der Waals surface area contributed by atoms with Gasteiger partial charge in [-0.25, -0.2) is 13.2 Å². The predicted octanol–water partition coefficient (Wildman–Crippen LogP) is 2.60. The Bertz CT molecular complexity index is 1030. The van der Waals surface area contributed by atoms with Crippen molar-refractivity contribution in [2.24, 2.45) is 0 Å². The van der Waals surface area contributed by atoms with Gasteiger partial charge in [0.05, 0.1) is 17.5 Å². The topological polar surface area (TPSA) is 84.0 Å². The van der Waals surface area contributed by atoms with Crippen LogP contribution in [0.2, 0.25) is 0 Å². The van der Waals surface area contributed by atoms with E-state index in [1.807, 2.05) is 44.2 Å². The highest BCUT2D eigenvalue weighted by Gasteiger charge is 2.27. The van der Waals surface area contributed by atoms with Crippen LogP contribution in [0.5, 0.6) is 0 Å². The maximum Gasteiger partial charge on any atom is 0.338 e. The van der Waals surface area contributed by atoms with Gasteiger partial charge in [-0.2, -0.15) is 0 Å². The van der Waals surface area contributed by atoms with E-state index in [-0.39, 0.29) is 18.6 Å². The summed E-state index contributed by atoms with van der Waals surface area (Å²) in [5.41, 5.74) is 2.66. The molecular formula is C22H26N2O5S. The number of rotatable bonds is 7. The van der Waals surface area contributed by atoms with E-state index in [1.54, 1.807) is 17.0 Å². The number of nitrogens with zero attached hydrogens (tertiary/aromatic N) is 2. The summed E-state index contributed by atoms with van der Waals surface area (Å²) in [6.07, 6.45) is 1.69. The van der Waals surface area contributed by atoms with Gasteiger partial charge in [0, 0.05) is 19.1 Å². The molecule has 0 bridgehead atoms. The third kappa shape index (κ3) is 4.99. The summed E-state index contributed by atoms with van der Waals surface area (Å²) >= 11 is 0. The molecule has 3 rings (SSSR count). The second kappa shape index (κ2) is 8.87. The van der Waals surface area contributed by atoms with E-state index >= 15 is 0 Å². The monoisotopic (exact) mass is 430 g/mol. The molecular weight excluding hydrogens is 404 g/mol. The van der Waals surface area contributed by atoms with E-state index < -0.39 is 16.0 Å². The highest BCUT2D eigenvalue weighted by atomic mass is 32.2. The van der Waals surface area contributed by atoms with Crippen LogP contribution in [0.15, 0.2) is 48.5 Å². The summed E-state index contributed by atoms with van der Waals surface area (Å²) in [7, 11) is -3.35. The van der Waals surface area contributed by atoms with Crippen molar-refractivity contribution in [2.45, 2.75) is 32.9 Å². The van der Waals surface area contributed by atoms with Gasteiger partial charge in [0.1, 0.15) is 0 Å². The van der Waals surface area contributed by atoms with Gasteiger partial charge in [-0.15, -0.1) is 0 Å². The minimum atomic E-state index is -3.35. The van der Waals surface area contributed by atoms with E-state index in [4.69, 9.17) is 4.74 Å². The van der Waals surface area contributed by atoms with Crippen molar-refractivity contribution < 1.29 is 22.7 Å². The van der Waals surface area contributed by atoms with Crippen molar-refractivity contribution in [2.75, 3.05) is 23.7 Å². The number of esters is 1. The van der Waals surface area contributed by atoms with Crippen molar-refractivity contribution in [3.8, 4) is 0 Å². The number of fused-ring (bicyclic) bond motifs is 1. The first kappa shape index (κ1) is 21.8. The lowest BCUT2D eigenvalue weighted by Gasteiger charge is -2.26. The van der Waals surface area contributed by atoms with Gasteiger partial charge in [-0.1, -0.05) is 30.3 Å². The van der Waals surface area contributed by atoms with Crippen LogP contribution in [-0.4, -0.2) is 50.6 Å². The molecule has 160 valence electrons. The molecule has 8 heteroatoms. The first-order chi connectivity index (χ1) is 14.2. The summed E-state index contributed by atoms with van der Waals surface area (Å²) in [4.78, 5) is 26.8. The molecule has 0 fully saturated rings. The fourth-order valence-corrected chi connectivity index (χ4v) is 4.43. The second-order valence-corrected chi connectivity index (χ2v) is 9.51. The predicted molar refractivity (Wildman–Crippen MR) is 115 cm³/mol. The van der Waals surface area contributed by atoms with Crippen LogP contribution in [0, 0.1) is 0 Å². The number of benzene rings is 2. The lowest BCUT2D eigenvalue weighted by Crippen LogP contribution is -2.39. The van der Waals surface area contributed by atoms with E-state index in [9.17, 15) is 18.0 Å². The lowest BCUT2D eigenvalue weighted by molar-refractivity contribution is -0.136. The molecule has 2 aromatic rings. The summed E-state index contributed by atoms with van der Waals surface area (Å²) in [5.74, 6) is -0.876. The SMILES string of the molecule is CC(C)N(Cc1ccccc1)C(=O)COC(=O)c1ccc2c(c1)CCN2S(C)(=O)=O. The minimum absolute atomic E-state index is 0.0432. The van der Waals surface area contributed by atoms with Crippen LogP contribution in [0.4, 0.5) is 5.69 Å². The van der Waals surface area contributed by atoms with Crippen molar-refractivity contribution in [3.05, 3.63) is 65.2 Å². The molecule has 1 aliphatic heterocycles. The van der Waals surface area contributed by atoms with E-state index in [2.05, 4.69) is 0 Å². The van der Waals surface area contributed by atoms with Gasteiger partial charge >= 0.3 is 5.97 Å². The standard InChI is InChI=1S/C22H26N2O5S/c1-16(2)23(14-17-7-5-4-6-8-17)21(25)15-29-22(26)19-9-10-20-18(13-19)11-12-24(20)30(3,27)28/h4-10,13,16H,11-12,14-15H2,1-3H3.